The zero-order valence-corrected chi connectivity index (χ0v) is 9.51. The number of hydrogen-bond acceptors (Lipinski definition) is 3. The Balaban J connectivity index is 2.62. The van der Waals surface area contributed by atoms with E-state index in [4.69, 9.17) is 21.8 Å². The first-order valence-corrected chi connectivity index (χ1v) is 5.11. The number of nitrogens with two attached hydrogens (primary N) is 1. The molecule has 0 atom stereocenters. The molecule has 1 aromatic carbocycles. The van der Waals surface area contributed by atoms with Crippen molar-refractivity contribution in [2.24, 2.45) is 0 Å². The smallest absolute Gasteiger partial charge is 0.417 e. The first-order chi connectivity index (χ1) is 8.30. The molecule has 0 bridgehead atoms. The molecule has 0 aliphatic rings. The summed E-state index contributed by atoms with van der Waals surface area (Å²) in [4.78, 5) is 0. The van der Waals surface area contributed by atoms with E-state index in [1.807, 2.05) is 0 Å². The van der Waals surface area contributed by atoms with Crippen LogP contribution in [0.25, 0.3) is 11.1 Å². The maximum absolute atomic E-state index is 12.7. The number of benzene rings is 1. The average molecular weight is 278 g/mol. The van der Waals surface area contributed by atoms with Crippen LogP contribution >= 0.6 is 11.6 Å². The summed E-state index contributed by atoms with van der Waals surface area (Å²) in [5, 5.41) is 9.04. The molecule has 3 N–H and O–H groups in total. The number of hydrogen-bond donors (Lipinski definition) is 2. The molecule has 0 aliphatic heterocycles. The van der Waals surface area contributed by atoms with Gasteiger partial charge in [0, 0.05) is 0 Å². The maximum atomic E-state index is 12.7. The molecule has 2 aromatic rings. The van der Waals surface area contributed by atoms with Gasteiger partial charge in [-0.15, -0.1) is 0 Å². The molecule has 0 spiro atoms. The van der Waals surface area contributed by atoms with Crippen molar-refractivity contribution in [2.75, 3.05) is 5.73 Å². The second kappa shape index (κ2) is 4.13. The van der Waals surface area contributed by atoms with Gasteiger partial charge in [-0.05, 0) is 17.7 Å². The largest absolute Gasteiger partial charge is 0.504 e. The molecule has 0 radical (unpaired) electrons. The van der Waals surface area contributed by atoms with Gasteiger partial charge in [0.2, 0.25) is 5.88 Å². The Labute approximate surface area is 105 Å². The second-order valence-electron chi connectivity index (χ2n) is 3.55. The van der Waals surface area contributed by atoms with Crippen LogP contribution in [0.15, 0.2) is 28.9 Å². The number of halogens is 4. The van der Waals surface area contributed by atoms with E-state index in [2.05, 4.69) is 0 Å². The van der Waals surface area contributed by atoms with Crippen molar-refractivity contribution >= 4 is 17.5 Å². The quantitative estimate of drug-likeness (QED) is 0.831. The molecule has 0 aliphatic carbocycles. The van der Waals surface area contributed by atoms with Gasteiger partial charge < -0.3 is 15.3 Å². The van der Waals surface area contributed by atoms with Crippen molar-refractivity contribution in [3.8, 4) is 16.9 Å². The molecular formula is C11H7ClF3NO2. The lowest BCUT2D eigenvalue weighted by molar-refractivity contribution is -0.137. The Hall–Kier alpha value is -1.82. The van der Waals surface area contributed by atoms with Crippen LogP contribution in [0.1, 0.15) is 5.56 Å². The van der Waals surface area contributed by atoms with Crippen LogP contribution in [0.2, 0.25) is 5.02 Å². The molecule has 0 unspecified atom stereocenters. The van der Waals surface area contributed by atoms with Crippen LogP contribution < -0.4 is 5.73 Å². The summed E-state index contributed by atoms with van der Waals surface area (Å²) in [5.41, 5.74) is 4.52. The molecule has 0 saturated carbocycles. The van der Waals surface area contributed by atoms with Gasteiger partial charge >= 0.3 is 6.18 Å². The van der Waals surface area contributed by atoms with Gasteiger partial charge in [-0.3, -0.25) is 0 Å². The van der Waals surface area contributed by atoms with Gasteiger partial charge in [0.15, 0.2) is 5.75 Å². The van der Waals surface area contributed by atoms with Crippen molar-refractivity contribution in [3.05, 3.63) is 35.0 Å². The highest BCUT2D eigenvalue weighted by Gasteiger charge is 2.33. The van der Waals surface area contributed by atoms with Crippen LogP contribution in [0.4, 0.5) is 19.1 Å². The van der Waals surface area contributed by atoms with Crippen LogP contribution in [0, 0.1) is 0 Å². The van der Waals surface area contributed by atoms with Crippen molar-refractivity contribution in [3.63, 3.8) is 0 Å². The van der Waals surface area contributed by atoms with Crippen LogP contribution in [-0.2, 0) is 6.18 Å². The Bertz CT molecular complexity index is 573. The minimum atomic E-state index is -4.58. The highest BCUT2D eigenvalue weighted by molar-refractivity contribution is 6.31. The number of rotatable bonds is 1. The van der Waals surface area contributed by atoms with Gasteiger partial charge in [0.1, 0.15) is 6.26 Å². The third kappa shape index (κ3) is 2.11. The zero-order chi connectivity index (χ0) is 13.5. The molecule has 7 heteroatoms. The predicted molar refractivity (Wildman–Crippen MR) is 60.2 cm³/mol. The van der Waals surface area contributed by atoms with Gasteiger partial charge in [-0.25, -0.2) is 0 Å². The monoisotopic (exact) mass is 277 g/mol. The van der Waals surface area contributed by atoms with Gasteiger partial charge in [0.05, 0.1) is 16.1 Å². The van der Waals surface area contributed by atoms with Crippen LogP contribution in [0.5, 0.6) is 5.75 Å². The molecular weight excluding hydrogens is 271 g/mol. The number of nitrogen functional groups attached to an aromatic ring is 1. The van der Waals surface area contributed by atoms with E-state index in [0.717, 1.165) is 18.4 Å². The highest BCUT2D eigenvalue weighted by atomic mass is 35.5. The predicted octanol–water partition coefficient (Wildman–Crippen LogP) is 3.91. The van der Waals surface area contributed by atoms with E-state index in [1.165, 1.54) is 6.07 Å². The van der Waals surface area contributed by atoms with Crippen molar-refractivity contribution in [1.82, 2.24) is 0 Å². The Kier molecular flexibility index (Phi) is 2.90. The summed E-state index contributed by atoms with van der Waals surface area (Å²) in [6.07, 6.45) is -3.63. The van der Waals surface area contributed by atoms with Crippen molar-refractivity contribution in [2.45, 2.75) is 6.18 Å². The molecule has 0 amide bonds. The fraction of sp³-hybridized carbons (Fsp3) is 0.0909. The second-order valence-corrected chi connectivity index (χ2v) is 3.96. The first-order valence-electron chi connectivity index (χ1n) is 4.73. The summed E-state index contributed by atoms with van der Waals surface area (Å²) in [6.45, 7) is 0. The Morgan fingerprint density at radius 2 is 1.94 bits per heavy atom. The zero-order valence-electron chi connectivity index (χ0n) is 8.75. The summed E-state index contributed by atoms with van der Waals surface area (Å²) >= 11 is 5.48. The standard InChI is InChI=1S/C11H7ClF3NO2/c12-7-2-1-5(3-6(7)11(13,14)15)9-8(17)4-18-10(9)16/h1-4,17H,16H2. The topological polar surface area (TPSA) is 59.4 Å². The van der Waals surface area contributed by atoms with Crippen molar-refractivity contribution in [1.29, 1.82) is 0 Å². The van der Waals surface area contributed by atoms with E-state index < -0.39 is 16.8 Å². The first kappa shape index (κ1) is 12.6. The normalized spacial score (nSPS) is 11.8. The summed E-state index contributed by atoms with van der Waals surface area (Å²) in [5.74, 6) is -0.495. The van der Waals surface area contributed by atoms with E-state index >= 15 is 0 Å². The maximum Gasteiger partial charge on any atom is 0.417 e. The number of anilines is 1. The van der Waals surface area contributed by atoms with Gasteiger partial charge in [0.25, 0.3) is 0 Å². The highest BCUT2D eigenvalue weighted by Crippen LogP contribution is 2.41. The number of furan rings is 1. The number of aromatic hydroxyl groups is 1. The third-order valence-corrected chi connectivity index (χ3v) is 2.69. The lowest BCUT2D eigenvalue weighted by Crippen LogP contribution is -2.06. The fourth-order valence-corrected chi connectivity index (χ4v) is 1.78. The molecule has 0 saturated heterocycles. The molecule has 1 heterocycles. The summed E-state index contributed by atoms with van der Waals surface area (Å²) in [6, 6.07) is 3.22. The van der Waals surface area contributed by atoms with E-state index in [-0.39, 0.29) is 22.8 Å². The van der Waals surface area contributed by atoms with Crippen molar-refractivity contribution < 1.29 is 22.7 Å². The number of alkyl halides is 3. The fourth-order valence-electron chi connectivity index (χ4n) is 1.55. The minimum Gasteiger partial charge on any atom is -0.504 e. The molecule has 3 nitrogen and oxygen atoms in total. The van der Waals surface area contributed by atoms with E-state index in [1.54, 1.807) is 0 Å². The Morgan fingerprint density at radius 3 is 2.44 bits per heavy atom. The lowest BCUT2D eigenvalue weighted by Gasteiger charge is -2.10. The van der Waals surface area contributed by atoms with E-state index in [9.17, 15) is 18.3 Å². The van der Waals surface area contributed by atoms with E-state index in [0.29, 0.717) is 0 Å². The average Bonchev–Trinajstić information content (AvgIpc) is 2.58. The summed E-state index contributed by atoms with van der Waals surface area (Å²) in [7, 11) is 0. The summed E-state index contributed by atoms with van der Waals surface area (Å²) < 4.78 is 42.7. The lowest BCUT2D eigenvalue weighted by atomic mass is 10.0. The third-order valence-electron chi connectivity index (χ3n) is 2.36. The SMILES string of the molecule is Nc1occ(O)c1-c1ccc(Cl)c(C(F)(F)F)c1. The molecule has 18 heavy (non-hydrogen) atoms. The van der Waals surface area contributed by atoms with Crippen LogP contribution in [0.3, 0.4) is 0 Å². The molecule has 0 fully saturated rings. The minimum absolute atomic E-state index is 0.0113. The van der Waals surface area contributed by atoms with Gasteiger partial charge in [-0.1, -0.05) is 17.7 Å². The Morgan fingerprint density at radius 1 is 1.28 bits per heavy atom. The van der Waals surface area contributed by atoms with Gasteiger partial charge in [-0.2, -0.15) is 13.2 Å². The molecule has 1 aromatic heterocycles. The molecule has 96 valence electrons. The van der Waals surface area contributed by atoms with Crippen LogP contribution in [-0.4, -0.2) is 5.11 Å². The molecule has 2 rings (SSSR count).